The number of nitrogens with zero attached hydrogens (tertiary/aromatic N) is 1. The molecule has 0 saturated heterocycles. The van der Waals surface area contributed by atoms with Crippen LogP contribution in [0.1, 0.15) is 5.56 Å². The van der Waals surface area contributed by atoms with Gasteiger partial charge in [0.25, 0.3) is 0 Å². The number of methoxy groups -OCH3 is 1. The Morgan fingerprint density at radius 2 is 1.90 bits per heavy atom. The zero-order valence-electron chi connectivity index (χ0n) is 11.6. The van der Waals surface area contributed by atoms with E-state index in [-0.39, 0.29) is 0 Å². The lowest BCUT2D eigenvalue weighted by Crippen LogP contribution is -2.04. The van der Waals surface area contributed by atoms with Crippen LogP contribution >= 0.6 is 0 Å². The van der Waals surface area contributed by atoms with E-state index < -0.39 is 0 Å². The third kappa shape index (κ3) is 1.88. The molecule has 0 amide bonds. The van der Waals surface area contributed by atoms with Gasteiger partial charge in [0.15, 0.2) is 0 Å². The van der Waals surface area contributed by atoms with E-state index in [1.54, 1.807) is 7.11 Å². The second kappa shape index (κ2) is 4.66. The molecule has 0 aliphatic carbocycles. The molecule has 4 rings (SSSR count). The van der Waals surface area contributed by atoms with Crippen molar-refractivity contribution in [3.63, 3.8) is 0 Å². The van der Waals surface area contributed by atoms with Crippen LogP contribution in [-0.4, -0.2) is 17.3 Å². The molecule has 4 nitrogen and oxygen atoms in total. The SMILES string of the molecule is COc1ccc(-c2n[nH]c3c2COc2ccccc2-3)cc1. The van der Waals surface area contributed by atoms with Gasteiger partial charge in [-0.05, 0) is 36.4 Å². The van der Waals surface area contributed by atoms with Gasteiger partial charge < -0.3 is 9.47 Å². The predicted molar refractivity (Wildman–Crippen MR) is 80.3 cm³/mol. The van der Waals surface area contributed by atoms with Crippen LogP contribution in [0.15, 0.2) is 48.5 Å². The Morgan fingerprint density at radius 3 is 2.71 bits per heavy atom. The number of fused-ring (bicyclic) bond motifs is 3. The van der Waals surface area contributed by atoms with Crippen molar-refractivity contribution < 1.29 is 9.47 Å². The largest absolute Gasteiger partial charge is 0.497 e. The smallest absolute Gasteiger partial charge is 0.129 e. The van der Waals surface area contributed by atoms with E-state index in [1.807, 2.05) is 48.5 Å². The van der Waals surface area contributed by atoms with Crippen LogP contribution in [0, 0.1) is 0 Å². The molecule has 1 aliphatic heterocycles. The minimum Gasteiger partial charge on any atom is -0.497 e. The molecule has 3 aromatic rings. The second-order valence-electron chi connectivity index (χ2n) is 4.94. The van der Waals surface area contributed by atoms with Gasteiger partial charge >= 0.3 is 0 Å². The van der Waals surface area contributed by atoms with Crippen LogP contribution in [0.25, 0.3) is 22.5 Å². The number of hydrogen-bond acceptors (Lipinski definition) is 3. The molecular formula is C17H14N2O2. The summed E-state index contributed by atoms with van der Waals surface area (Å²) < 4.78 is 11.0. The fourth-order valence-electron chi connectivity index (χ4n) is 2.67. The summed E-state index contributed by atoms with van der Waals surface area (Å²) in [5.74, 6) is 1.74. The van der Waals surface area contributed by atoms with E-state index in [4.69, 9.17) is 9.47 Å². The molecule has 0 radical (unpaired) electrons. The van der Waals surface area contributed by atoms with Gasteiger partial charge in [-0.2, -0.15) is 5.10 Å². The molecule has 2 heterocycles. The third-order valence-corrected chi connectivity index (χ3v) is 3.76. The molecule has 2 aromatic carbocycles. The van der Waals surface area contributed by atoms with Gasteiger partial charge in [-0.25, -0.2) is 0 Å². The molecular weight excluding hydrogens is 264 g/mol. The number of para-hydroxylation sites is 1. The summed E-state index contributed by atoms with van der Waals surface area (Å²) in [6, 6.07) is 15.9. The number of hydrogen-bond donors (Lipinski definition) is 1. The van der Waals surface area contributed by atoms with Crippen molar-refractivity contribution in [2.75, 3.05) is 7.11 Å². The number of H-pyrrole nitrogens is 1. The molecule has 0 unspecified atom stereocenters. The number of nitrogens with one attached hydrogen (secondary N) is 1. The molecule has 1 aliphatic rings. The highest BCUT2D eigenvalue weighted by Crippen LogP contribution is 2.39. The second-order valence-corrected chi connectivity index (χ2v) is 4.94. The van der Waals surface area contributed by atoms with E-state index in [1.165, 1.54) is 0 Å². The number of rotatable bonds is 2. The molecule has 0 atom stereocenters. The summed E-state index contributed by atoms with van der Waals surface area (Å²) in [4.78, 5) is 0. The highest BCUT2D eigenvalue weighted by molar-refractivity contribution is 5.78. The Labute approximate surface area is 122 Å². The van der Waals surface area contributed by atoms with Gasteiger partial charge in [-0.15, -0.1) is 0 Å². The lowest BCUT2D eigenvalue weighted by atomic mass is 10.00. The van der Waals surface area contributed by atoms with Crippen LogP contribution < -0.4 is 9.47 Å². The normalized spacial score (nSPS) is 12.2. The summed E-state index contributed by atoms with van der Waals surface area (Å²) in [7, 11) is 1.66. The van der Waals surface area contributed by atoms with Crippen molar-refractivity contribution in [1.82, 2.24) is 10.2 Å². The van der Waals surface area contributed by atoms with Crippen LogP contribution in [-0.2, 0) is 6.61 Å². The van der Waals surface area contributed by atoms with Crippen molar-refractivity contribution in [3.05, 3.63) is 54.1 Å². The Balaban J connectivity index is 1.82. The van der Waals surface area contributed by atoms with Crippen molar-refractivity contribution in [2.24, 2.45) is 0 Å². The number of aromatic amines is 1. The Hall–Kier alpha value is -2.75. The van der Waals surface area contributed by atoms with Gasteiger partial charge in [0.2, 0.25) is 0 Å². The molecule has 0 bridgehead atoms. The summed E-state index contributed by atoms with van der Waals surface area (Å²) in [6.07, 6.45) is 0. The van der Waals surface area contributed by atoms with E-state index in [9.17, 15) is 0 Å². The molecule has 4 heteroatoms. The van der Waals surface area contributed by atoms with Gasteiger partial charge in [-0.3, -0.25) is 5.10 Å². The summed E-state index contributed by atoms with van der Waals surface area (Å²) in [5, 5.41) is 7.62. The van der Waals surface area contributed by atoms with Gasteiger partial charge in [0.1, 0.15) is 18.1 Å². The summed E-state index contributed by atoms with van der Waals surface area (Å²) in [5.41, 5.74) is 5.19. The molecule has 1 N–H and O–H groups in total. The first-order valence-electron chi connectivity index (χ1n) is 6.80. The Bertz CT molecular complexity index is 791. The van der Waals surface area contributed by atoms with Gasteiger partial charge in [0, 0.05) is 16.7 Å². The number of ether oxygens (including phenoxy) is 2. The van der Waals surface area contributed by atoms with Crippen molar-refractivity contribution in [2.45, 2.75) is 6.61 Å². The fourth-order valence-corrected chi connectivity index (χ4v) is 2.67. The average molecular weight is 278 g/mol. The monoisotopic (exact) mass is 278 g/mol. The number of benzene rings is 2. The van der Waals surface area contributed by atoms with Crippen LogP contribution in [0.5, 0.6) is 11.5 Å². The standard InChI is InChI=1S/C17H14N2O2/c1-20-12-8-6-11(7-9-12)16-14-10-21-15-5-3-2-4-13(15)17(14)19-18-16/h2-9H,10H2,1H3,(H,18,19). The molecule has 104 valence electrons. The first-order chi connectivity index (χ1) is 10.4. The quantitative estimate of drug-likeness (QED) is 0.778. The van der Waals surface area contributed by atoms with Crippen molar-refractivity contribution >= 4 is 0 Å². The van der Waals surface area contributed by atoms with Gasteiger partial charge in [-0.1, -0.05) is 12.1 Å². The summed E-state index contributed by atoms with van der Waals surface area (Å²) >= 11 is 0. The van der Waals surface area contributed by atoms with Crippen molar-refractivity contribution in [1.29, 1.82) is 0 Å². The van der Waals surface area contributed by atoms with Crippen molar-refractivity contribution in [3.8, 4) is 34.0 Å². The third-order valence-electron chi connectivity index (χ3n) is 3.76. The molecule has 0 fully saturated rings. The van der Waals surface area contributed by atoms with Crippen LogP contribution in [0.3, 0.4) is 0 Å². The van der Waals surface area contributed by atoms with E-state index in [0.29, 0.717) is 6.61 Å². The minimum atomic E-state index is 0.532. The average Bonchev–Trinajstić information content (AvgIpc) is 2.99. The maximum atomic E-state index is 5.83. The lowest BCUT2D eigenvalue weighted by Gasteiger charge is -2.17. The predicted octanol–water partition coefficient (Wildman–Crippen LogP) is 3.64. The number of aromatic nitrogens is 2. The zero-order chi connectivity index (χ0) is 14.2. The Morgan fingerprint density at radius 1 is 1.10 bits per heavy atom. The molecule has 1 aromatic heterocycles. The highest BCUT2D eigenvalue weighted by atomic mass is 16.5. The van der Waals surface area contributed by atoms with Crippen LogP contribution in [0.4, 0.5) is 0 Å². The Kier molecular flexibility index (Phi) is 2.67. The lowest BCUT2D eigenvalue weighted by molar-refractivity contribution is 0.303. The fraction of sp³-hybridized carbons (Fsp3) is 0.118. The van der Waals surface area contributed by atoms with E-state index >= 15 is 0 Å². The minimum absolute atomic E-state index is 0.532. The van der Waals surface area contributed by atoms with Gasteiger partial charge in [0.05, 0.1) is 18.5 Å². The maximum Gasteiger partial charge on any atom is 0.129 e. The van der Waals surface area contributed by atoms with E-state index in [2.05, 4.69) is 10.2 Å². The van der Waals surface area contributed by atoms with E-state index in [0.717, 1.165) is 39.6 Å². The topological polar surface area (TPSA) is 47.1 Å². The summed E-state index contributed by atoms with van der Waals surface area (Å²) in [6.45, 7) is 0.532. The zero-order valence-corrected chi connectivity index (χ0v) is 11.6. The van der Waals surface area contributed by atoms with Crippen LogP contribution in [0.2, 0.25) is 0 Å². The first-order valence-corrected chi connectivity index (χ1v) is 6.80. The molecule has 0 spiro atoms. The molecule has 0 saturated carbocycles. The highest BCUT2D eigenvalue weighted by Gasteiger charge is 2.23. The molecule has 21 heavy (non-hydrogen) atoms. The first kappa shape index (κ1) is 12.0. The maximum absolute atomic E-state index is 5.83.